The second-order valence-electron chi connectivity index (χ2n) is 3.76. The van der Waals surface area contributed by atoms with E-state index in [0.717, 1.165) is 11.1 Å². The lowest BCUT2D eigenvalue weighted by molar-refractivity contribution is -0.179. The van der Waals surface area contributed by atoms with E-state index in [0.29, 0.717) is 5.75 Å². The van der Waals surface area contributed by atoms with Crippen molar-refractivity contribution in [2.24, 2.45) is 0 Å². The van der Waals surface area contributed by atoms with Crippen LogP contribution in [0.1, 0.15) is 11.1 Å². The van der Waals surface area contributed by atoms with Gasteiger partial charge in [0.25, 0.3) is 0 Å². The standard InChI is InChI=1S/C15H14O3/c16-15(17)18-14-10-8-13(9-11-14)7-6-12-4-2-1-3-5-12/h1-11,15-17H/b7-6+. The summed E-state index contributed by atoms with van der Waals surface area (Å²) in [5.41, 5.74) is 2.14. The summed E-state index contributed by atoms with van der Waals surface area (Å²) in [5.74, 6) is 0.418. The normalized spacial score (nSPS) is 11.1. The topological polar surface area (TPSA) is 49.7 Å². The highest BCUT2D eigenvalue weighted by atomic mass is 16.7. The Hall–Kier alpha value is -2.10. The molecular formula is C15H14O3. The molecule has 0 atom stereocenters. The van der Waals surface area contributed by atoms with Crippen LogP contribution in [-0.2, 0) is 0 Å². The third-order valence-corrected chi connectivity index (χ3v) is 2.39. The molecule has 0 fully saturated rings. The maximum Gasteiger partial charge on any atom is 0.310 e. The molecule has 0 radical (unpaired) electrons. The molecule has 3 heteroatoms. The highest BCUT2D eigenvalue weighted by molar-refractivity contribution is 5.69. The average Bonchev–Trinajstić information content (AvgIpc) is 2.38. The van der Waals surface area contributed by atoms with Gasteiger partial charge in [0.1, 0.15) is 5.75 Å². The highest BCUT2D eigenvalue weighted by Gasteiger charge is 1.98. The third-order valence-electron chi connectivity index (χ3n) is 2.39. The number of hydrogen-bond acceptors (Lipinski definition) is 3. The molecule has 0 spiro atoms. The van der Waals surface area contributed by atoms with E-state index in [9.17, 15) is 0 Å². The van der Waals surface area contributed by atoms with Gasteiger partial charge in [0.2, 0.25) is 0 Å². The Morgan fingerprint density at radius 2 is 1.33 bits per heavy atom. The van der Waals surface area contributed by atoms with Gasteiger partial charge in [-0.25, -0.2) is 0 Å². The molecule has 0 saturated heterocycles. The minimum atomic E-state index is -1.78. The minimum Gasteiger partial charge on any atom is -0.442 e. The van der Waals surface area contributed by atoms with Crippen LogP contribution in [0.15, 0.2) is 54.6 Å². The molecule has 0 aliphatic carbocycles. The van der Waals surface area contributed by atoms with Crippen LogP contribution in [0.3, 0.4) is 0 Å². The quantitative estimate of drug-likeness (QED) is 0.639. The molecule has 18 heavy (non-hydrogen) atoms. The van der Waals surface area contributed by atoms with Gasteiger partial charge in [0.05, 0.1) is 0 Å². The van der Waals surface area contributed by atoms with Crippen molar-refractivity contribution < 1.29 is 14.9 Å². The fraction of sp³-hybridized carbons (Fsp3) is 0.0667. The Balaban J connectivity index is 2.04. The fourth-order valence-electron chi connectivity index (χ4n) is 1.54. The van der Waals surface area contributed by atoms with Crippen LogP contribution >= 0.6 is 0 Å². The first-order valence-electron chi connectivity index (χ1n) is 5.60. The number of benzene rings is 2. The number of hydrogen-bond donors (Lipinski definition) is 2. The molecule has 0 bridgehead atoms. The van der Waals surface area contributed by atoms with Crippen LogP contribution < -0.4 is 4.74 Å². The zero-order valence-electron chi connectivity index (χ0n) is 9.73. The lowest BCUT2D eigenvalue weighted by atomic mass is 10.1. The lowest BCUT2D eigenvalue weighted by Gasteiger charge is -2.06. The Morgan fingerprint density at radius 3 is 1.89 bits per heavy atom. The fourth-order valence-corrected chi connectivity index (χ4v) is 1.54. The molecule has 2 N–H and O–H groups in total. The van der Waals surface area contributed by atoms with Gasteiger partial charge >= 0.3 is 6.48 Å². The Labute approximate surface area is 106 Å². The van der Waals surface area contributed by atoms with Gasteiger partial charge in [-0.1, -0.05) is 54.6 Å². The van der Waals surface area contributed by atoms with Crippen molar-refractivity contribution in [3.8, 4) is 5.75 Å². The van der Waals surface area contributed by atoms with Crippen LogP contribution in [0.25, 0.3) is 12.2 Å². The molecule has 2 rings (SSSR count). The molecule has 2 aromatic rings. The first-order chi connectivity index (χ1) is 8.74. The van der Waals surface area contributed by atoms with Crippen molar-refractivity contribution in [3.63, 3.8) is 0 Å². The molecule has 0 aromatic heterocycles. The predicted molar refractivity (Wildman–Crippen MR) is 70.7 cm³/mol. The largest absolute Gasteiger partial charge is 0.442 e. The third kappa shape index (κ3) is 3.73. The summed E-state index contributed by atoms with van der Waals surface area (Å²) in [6.45, 7) is -1.78. The second-order valence-corrected chi connectivity index (χ2v) is 3.76. The molecule has 0 unspecified atom stereocenters. The smallest absolute Gasteiger partial charge is 0.310 e. The number of aliphatic hydroxyl groups excluding tert-OH is 1. The zero-order valence-corrected chi connectivity index (χ0v) is 9.73. The predicted octanol–water partition coefficient (Wildman–Crippen LogP) is 2.50. The van der Waals surface area contributed by atoms with Gasteiger partial charge in [-0.2, -0.15) is 0 Å². The lowest BCUT2D eigenvalue weighted by Crippen LogP contribution is -2.13. The number of aliphatic hydroxyl groups is 2. The maximum absolute atomic E-state index is 8.65. The van der Waals surface area contributed by atoms with E-state index >= 15 is 0 Å². The van der Waals surface area contributed by atoms with Gasteiger partial charge in [-0.3, -0.25) is 0 Å². The van der Waals surface area contributed by atoms with E-state index in [1.807, 2.05) is 54.6 Å². The summed E-state index contributed by atoms with van der Waals surface area (Å²) in [7, 11) is 0. The van der Waals surface area contributed by atoms with Crippen molar-refractivity contribution in [1.29, 1.82) is 0 Å². The second kappa shape index (κ2) is 6.00. The molecule has 92 valence electrons. The van der Waals surface area contributed by atoms with Crippen molar-refractivity contribution in [1.82, 2.24) is 0 Å². The van der Waals surface area contributed by atoms with E-state index < -0.39 is 6.48 Å². The minimum absolute atomic E-state index is 0.418. The summed E-state index contributed by atoms with van der Waals surface area (Å²) in [6.07, 6.45) is 3.99. The van der Waals surface area contributed by atoms with E-state index in [2.05, 4.69) is 0 Å². The average molecular weight is 242 g/mol. The van der Waals surface area contributed by atoms with Gasteiger partial charge in [-0.15, -0.1) is 0 Å². The number of ether oxygens (including phenoxy) is 1. The van der Waals surface area contributed by atoms with Crippen molar-refractivity contribution >= 4 is 12.2 Å². The molecule has 0 aliphatic rings. The van der Waals surface area contributed by atoms with Crippen molar-refractivity contribution in [2.75, 3.05) is 0 Å². The molecule has 0 amide bonds. The molecule has 0 aliphatic heterocycles. The van der Waals surface area contributed by atoms with Crippen LogP contribution in [0.2, 0.25) is 0 Å². The van der Waals surface area contributed by atoms with E-state index in [1.54, 1.807) is 12.1 Å². The van der Waals surface area contributed by atoms with E-state index in [4.69, 9.17) is 14.9 Å². The SMILES string of the molecule is OC(O)Oc1ccc(/C=C/c2ccccc2)cc1. The summed E-state index contributed by atoms with van der Waals surface area (Å²) >= 11 is 0. The molecule has 3 nitrogen and oxygen atoms in total. The van der Waals surface area contributed by atoms with Crippen LogP contribution in [0.4, 0.5) is 0 Å². The van der Waals surface area contributed by atoms with Crippen LogP contribution in [0, 0.1) is 0 Å². The van der Waals surface area contributed by atoms with Crippen molar-refractivity contribution in [2.45, 2.75) is 6.48 Å². The first-order valence-corrected chi connectivity index (χ1v) is 5.60. The first kappa shape index (κ1) is 12.4. The molecule has 0 saturated carbocycles. The monoisotopic (exact) mass is 242 g/mol. The van der Waals surface area contributed by atoms with E-state index in [-0.39, 0.29) is 0 Å². The Morgan fingerprint density at radius 1 is 0.778 bits per heavy atom. The van der Waals surface area contributed by atoms with Gasteiger partial charge in [0.15, 0.2) is 0 Å². The van der Waals surface area contributed by atoms with Crippen LogP contribution in [0.5, 0.6) is 5.75 Å². The zero-order chi connectivity index (χ0) is 12.8. The number of rotatable bonds is 4. The Kier molecular flexibility index (Phi) is 4.12. The summed E-state index contributed by atoms with van der Waals surface area (Å²) in [6, 6.07) is 17.1. The maximum atomic E-state index is 8.65. The summed E-state index contributed by atoms with van der Waals surface area (Å²) in [4.78, 5) is 0. The molecule has 0 heterocycles. The highest BCUT2D eigenvalue weighted by Crippen LogP contribution is 2.15. The molecule has 2 aromatic carbocycles. The summed E-state index contributed by atoms with van der Waals surface area (Å²) < 4.78 is 4.72. The Bertz CT molecular complexity index is 501. The van der Waals surface area contributed by atoms with Gasteiger partial charge in [-0.05, 0) is 23.3 Å². The van der Waals surface area contributed by atoms with Crippen LogP contribution in [-0.4, -0.2) is 16.7 Å². The van der Waals surface area contributed by atoms with Crippen molar-refractivity contribution in [3.05, 3.63) is 65.7 Å². The van der Waals surface area contributed by atoms with Gasteiger partial charge in [0, 0.05) is 0 Å². The molecular weight excluding hydrogens is 228 g/mol. The van der Waals surface area contributed by atoms with Gasteiger partial charge < -0.3 is 14.9 Å². The summed E-state index contributed by atoms with van der Waals surface area (Å²) in [5, 5.41) is 17.3. The van der Waals surface area contributed by atoms with E-state index in [1.165, 1.54) is 0 Å².